The van der Waals surface area contributed by atoms with E-state index in [0.717, 1.165) is 0 Å². The number of carbonyl (C=O) groups is 3. The molecule has 8 nitrogen and oxygen atoms in total. The van der Waals surface area contributed by atoms with Gasteiger partial charge in [-0.15, -0.1) is 0 Å². The summed E-state index contributed by atoms with van der Waals surface area (Å²) in [5, 5.41) is 12.2. The lowest BCUT2D eigenvalue weighted by Crippen LogP contribution is -2.58. The molecular formula is C12H19NO7. The van der Waals surface area contributed by atoms with E-state index >= 15 is 0 Å². The molecule has 114 valence electrons. The van der Waals surface area contributed by atoms with Crippen molar-refractivity contribution in [3.63, 3.8) is 0 Å². The van der Waals surface area contributed by atoms with Crippen molar-refractivity contribution in [2.24, 2.45) is 0 Å². The zero-order valence-corrected chi connectivity index (χ0v) is 11.6. The average molecular weight is 289 g/mol. The van der Waals surface area contributed by atoms with Crippen LogP contribution in [0.25, 0.3) is 0 Å². The van der Waals surface area contributed by atoms with Gasteiger partial charge in [0.25, 0.3) is 0 Å². The Morgan fingerprint density at radius 1 is 1.25 bits per heavy atom. The van der Waals surface area contributed by atoms with Gasteiger partial charge in [0.2, 0.25) is 5.91 Å². The van der Waals surface area contributed by atoms with E-state index < -0.39 is 36.5 Å². The molecule has 1 aliphatic rings. The Hall–Kier alpha value is -1.67. The predicted molar refractivity (Wildman–Crippen MR) is 65.3 cm³/mol. The molecular weight excluding hydrogens is 270 g/mol. The van der Waals surface area contributed by atoms with Crippen LogP contribution in [-0.2, 0) is 28.6 Å². The molecule has 1 heterocycles. The Labute approximate surface area is 116 Å². The van der Waals surface area contributed by atoms with Crippen molar-refractivity contribution in [3.05, 3.63) is 0 Å². The van der Waals surface area contributed by atoms with Gasteiger partial charge in [0, 0.05) is 27.2 Å². The van der Waals surface area contributed by atoms with Gasteiger partial charge >= 0.3 is 11.9 Å². The number of ether oxygens (including phenoxy) is 3. The molecule has 0 aromatic carbocycles. The maximum absolute atomic E-state index is 11.2. The molecule has 0 aromatic rings. The number of aliphatic hydroxyl groups is 1. The molecule has 0 unspecified atom stereocenters. The summed E-state index contributed by atoms with van der Waals surface area (Å²) < 4.78 is 15.1. The highest BCUT2D eigenvalue weighted by Crippen LogP contribution is 2.22. The van der Waals surface area contributed by atoms with E-state index in [-0.39, 0.29) is 18.9 Å². The number of aliphatic hydroxyl groups excluding tert-OH is 1. The maximum Gasteiger partial charge on any atom is 0.303 e. The third-order valence-electron chi connectivity index (χ3n) is 2.69. The van der Waals surface area contributed by atoms with Crippen LogP contribution in [-0.4, -0.2) is 54.1 Å². The first kappa shape index (κ1) is 16.4. The second-order valence-electron chi connectivity index (χ2n) is 4.55. The number of amides is 1. The number of esters is 2. The summed E-state index contributed by atoms with van der Waals surface area (Å²) in [6.45, 7) is 3.58. The molecule has 0 saturated carbocycles. The summed E-state index contributed by atoms with van der Waals surface area (Å²) in [6.07, 6.45) is -2.74. The predicted octanol–water partition coefficient (Wildman–Crippen LogP) is -0.907. The smallest absolute Gasteiger partial charge is 0.303 e. The Balaban J connectivity index is 2.82. The van der Waals surface area contributed by atoms with Crippen molar-refractivity contribution in [3.8, 4) is 0 Å². The minimum Gasteiger partial charge on any atom is -0.463 e. The van der Waals surface area contributed by atoms with E-state index in [0.29, 0.717) is 0 Å². The molecule has 1 amide bonds. The highest BCUT2D eigenvalue weighted by atomic mass is 16.6. The Bertz CT molecular complexity index is 384. The molecule has 0 spiro atoms. The largest absolute Gasteiger partial charge is 0.463 e. The van der Waals surface area contributed by atoms with Gasteiger partial charge in [-0.25, -0.2) is 0 Å². The normalized spacial score (nSPS) is 29.4. The quantitative estimate of drug-likeness (QED) is 0.645. The van der Waals surface area contributed by atoms with Crippen LogP contribution in [0.2, 0.25) is 0 Å². The van der Waals surface area contributed by atoms with E-state index in [1.807, 2.05) is 0 Å². The van der Waals surface area contributed by atoms with Gasteiger partial charge < -0.3 is 24.6 Å². The van der Waals surface area contributed by atoms with E-state index in [4.69, 9.17) is 14.2 Å². The molecule has 0 aromatic heterocycles. The lowest BCUT2D eigenvalue weighted by Gasteiger charge is -2.39. The molecule has 2 N–H and O–H groups in total. The standard InChI is InChI=1S/C12H19NO7/c1-6(14)13-9-4-11(17)20-10(5-18-7(2)15)12(9)19-8(3)16/h9-12,17H,4-5H2,1-3H3,(H,13,14)/t9-,10-,11-,12+/m1/s1. The van der Waals surface area contributed by atoms with Gasteiger partial charge in [0.05, 0.1) is 6.04 Å². The zero-order chi connectivity index (χ0) is 15.3. The van der Waals surface area contributed by atoms with Crippen LogP contribution in [0.15, 0.2) is 0 Å². The SMILES string of the molecule is CC(=O)N[C@@H]1C[C@H](O)O[C@H](COC(C)=O)[C@H]1OC(C)=O. The first-order chi connectivity index (χ1) is 9.29. The second kappa shape index (κ2) is 7.20. The fourth-order valence-corrected chi connectivity index (χ4v) is 2.03. The molecule has 0 radical (unpaired) electrons. The van der Waals surface area contributed by atoms with Crippen LogP contribution in [0.4, 0.5) is 0 Å². The molecule has 0 bridgehead atoms. The minimum absolute atomic E-state index is 0.0775. The van der Waals surface area contributed by atoms with E-state index in [2.05, 4.69) is 5.32 Å². The first-order valence-electron chi connectivity index (χ1n) is 6.20. The van der Waals surface area contributed by atoms with E-state index in [1.54, 1.807) is 0 Å². The van der Waals surface area contributed by atoms with Gasteiger partial charge in [-0.2, -0.15) is 0 Å². The van der Waals surface area contributed by atoms with Gasteiger partial charge in [0.1, 0.15) is 12.7 Å². The van der Waals surface area contributed by atoms with Crippen molar-refractivity contribution >= 4 is 17.8 Å². The Morgan fingerprint density at radius 3 is 2.40 bits per heavy atom. The summed E-state index contributed by atoms with van der Waals surface area (Å²) in [5.41, 5.74) is 0. The van der Waals surface area contributed by atoms with Crippen LogP contribution >= 0.6 is 0 Å². The highest BCUT2D eigenvalue weighted by Gasteiger charge is 2.41. The van der Waals surface area contributed by atoms with Crippen molar-refractivity contribution in [1.29, 1.82) is 0 Å². The molecule has 4 atom stereocenters. The van der Waals surface area contributed by atoms with Crippen molar-refractivity contribution in [1.82, 2.24) is 5.32 Å². The van der Waals surface area contributed by atoms with Crippen LogP contribution in [0.5, 0.6) is 0 Å². The van der Waals surface area contributed by atoms with Gasteiger partial charge in [-0.1, -0.05) is 0 Å². The van der Waals surface area contributed by atoms with Crippen LogP contribution in [0.3, 0.4) is 0 Å². The molecule has 8 heteroatoms. The fraction of sp³-hybridized carbons (Fsp3) is 0.750. The molecule has 1 aliphatic heterocycles. The summed E-state index contributed by atoms with van der Waals surface area (Å²) in [5.74, 6) is -1.41. The second-order valence-corrected chi connectivity index (χ2v) is 4.55. The number of rotatable bonds is 4. The average Bonchev–Trinajstić information content (AvgIpc) is 2.28. The lowest BCUT2D eigenvalue weighted by atomic mass is 9.98. The molecule has 1 fully saturated rings. The van der Waals surface area contributed by atoms with Crippen molar-refractivity contribution in [2.45, 2.75) is 51.7 Å². The summed E-state index contributed by atoms with van der Waals surface area (Å²) in [6, 6.07) is -0.610. The third kappa shape index (κ3) is 5.14. The molecule has 20 heavy (non-hydrogen) atoms. The number of hydrogen-bond donors (Lipinski definition) is 2. The van der Waals surface area contributed by atoms with Crippen molar-refractivity contribution in [2.75, 3.05) is 6.61 Å². The topological polar surface area (TPSA) is 111 Å². The fourth-order valence-electron chi connectivity index (χ4n) is 2.03. The summed E-state index contributed by atoms with van der Waals surface area (Å²) in [7, 11) is 0. The van der Waals surface area contributed by atoms with Crippen molar-refractivity contribution < 1.29 is 33.7 Å². The number of hydrogen-bond acceptors (Lipinski definition) is 7. The molecule has 0 aliphatic carbocycles. The van der Waals surface area contributed by atoms with Gasteiger partial charge in [0.15, 0.2) is 12.4 Å². The first-order valence-corrected chi connectivity index (χ1v) is 6.20. The summed E-state index contributed by atoms with van der Waals surface area (Å²) >= 11 is 0. The summed E-state index contributed by atoms with van der Waals surface area (Å²) in [4.78, 5) is 33.1. The molecule has 1 rings (SSSR count). The van der Waals surface area contributed by atoms with Crippen LogP contribution < -0.4 is 5.32 Å². The zero-order valence-electron chi connectivity index (χ0n) is 11.6. The lowest BCUT2D eigenvalue weighted by molar-refractivity contribution is -0.228. The Morgan fingerprint density at radius 2 is 1.90 bits per heavy atom. The number of nitrogens with one attached hydrogen (secondary N) is 1. The van der Waals surface area contributed by atoms with Gasteiger partial charge in [-0.05, 0) is 0 Å². The molecule has 1 saturated heterocycles. The Kier molecular flexibility index (Phi) is 5.90. The monoisotopic (exact) mass is 289 g/mol. The third-order valence-corrected chi connectivity index (χ3v) is 2.69. The van der Waals surface area contributed by atoms with E-state index in [9.17, 15) is 19.5 Å². The van der Waals surface area contributed by atoms with E-state index in [1.165, 1.54) is 20.8 Å². The number of carbonyl (C=O) groups excluding carboxylic acids is 3. The van der Waals surface area contributed by atoms with Gasteiger partial charge in [-0.3, -0.25) is 14.4 Å². The van der Waals surface area contributed by atoms with Crippen LogP contribution in [0.1, 0.15) is 27.2 Å². The highest BCUT2D eigenvalue weighted by molar-refractivity contribution is 5.73. The minimum atomic E-state index is -1.14. The van der Waals surface area contributed by atoms with Crippen LogP contribution in [0, 0.1) is 0 Å². The maximum atomic E-state index is 11.2.